The zero-order valence-electron chi connectivity index (χ0n) is 18.7. The van der Waals surface area contributed by atoms with Gasteiger partial charge in [0.05, 0.1) is 12.2 Å². The van der Waals surface area contributed by atoms with Crippen LogP contribution in [0, 0.1) is 5.41 Å². The molecule has 1 aliphatic heterocycles. The minimum Gasteiger partial charge on any atom is -0.321 e. The Kier molecular flexibility index (Phi) is 5.68. The Labute approximate surface area is 179 Å². The summed E-state index contributed by atoms with van der Waals surface area (Å²) in [6, 6.07) is 10.7. The molecule has 4 nitrogen and oxygen atoms in total. The van der Waals surface area contributed by atoms with Crippen molar-refractivity contribution in [2.75, 3.05) is 5.32 Å². The average molecular weight is 404 g/mol. The highest BCUT2D eigenvalue weighted by atomic mass is 16.1. The summed E-state index contributed by atoms with van der Waals surface area (Å²) in [6.45, 7) is 8.75. The highest BCUT2D eigenvalue weighted by molar-refractivity contribution is 6.24. The van der Waals surface area contributed by atoms with E-state index in [0.29, 0.717) is 11.5 Å². The molecule has 5 rings (SSSR count). The Bertz CT molecular complexity index is 1050. The molecule has 2 heterocycles. The van der Waals surface area contributed by atoms with Crippen LogP contribution in [0.15, 0.2) is 42.7 Å². The lowest BCUT2D eigenvalue weighted by atomic mass is 9.95. The second-order valence-electron chi connectivity index (χ2n) is 10.3. The number of nitrogens with zero attached hydrogens (tertiary/aromatic N) is 2. The molecule has 30 heavy (non-hydrogen) atoms. The second-order valence-corrected chi connectivity index (χ2v) is 10.3. The SMILES string of the molecule is CC(C)(C)C.O=C1Nc2ccc(Cc3cnn(C4CCCCC4)c3)c3cccc1c23. The van der Waals surface area contributed by atoms with Crippen molar-refractivity contribution in [3.05, 3.63) is 59.4 Å². The topological polar surface area (TPSA) is 46.9 Å². The molecule has 1 amide bonds. The van der Waals surface area contributed by atoms with Crippen molar-refractivity contribution in [1.29, 1.82) is 0 Å². The molecule has 158 valence electrons. The number of rotatable bonds is 3. The van der Waals surface area contributed by atoms with E-state index in [4.69, 9.17) is 0 Å². The summed E-state index contributed by atoms with van der Waals surface area (Å²) in [7, 11) is 0. The van der Waals surface area contributed by atoms with Crippen LogP contribution >= 0.6 is 0 Å². The molecule has 2 aromatic carbocycles. The van der Waals surface area contributed by atoms with Crippen LogP contribution in [-0.2, 0) is 6.42 Å². The molecule has 1 saturated carbocycles. The van der Waals surface area contributed by atoms with Crippen molar-refractivity contribution in [1.82, 2.24) is 9.78 Å². The fourth-order valence-corrected chi connectivity index (χ4v) is 4.34. The number of carbonyl (C=O) groups is 1. The Morgan fingerprint density at radius 3 is 2.53 bits per heavy atom. The molecule has 1 aromatic heterocycles. The van der Waals surface area contributed by atoms with Crippen LogP contribution < -0.4 is 5.32 Å². The summed E-state index contributed by atoms with van der Waals surface area (Å²) in [5, 5.41) is 9.80. The highest BCUT2D eigenvalue weighted by Crippen LogP contribution is 2.35. The van der Waals surface area contributed by atoms with Gasteiger partial charge in [-0.15, -0.1) is 0 Å². The van der Waals surface area contributed by atoms with Crippen molar-refractivity contribution in [2.24, 2.45) is 5.41 Å². The van der Waals surface area contributed by atoms with E-state index in [1.54, 1.807) is 0 Å². The van der Waals surface area contributed by atoms with Gasteiger partial charge in [0.2, 0.25) is 0 Å². The van der Waals surface area contributed by atoms with Crippen LogP contribution in [0.1, 0.15) is 87.3 Å². The molecular weight excluding hydrogens is 370 g/mol. The third-order valence-electron chi connectivity index (χ3n) is 5.62. The summed E-state index contributed by atoms with van der Waals surface area (Å²) in [5.74, 6) is 0.00266. The second kappa shape index (κ2) is 8.25. The van der Waals surface area contributed by atoms with Crippen LogP contribution in [0.5, 0.6) is 0 Å². The molecule has 0 bridgehead atoms. The first-order valence-corrected chi connectivity index (χ1v) is 11.2. The molecule has 0 spiro atoms. The molecule has 0 saturated heterocycles. The number of hydrogen-bond donors (Lipinski definition) is 1. The highest BCUT2D eigenvalue weighted by Gasteiger charge is 2.22. The van der Waals surface area contributed by atoms with Gasteiger partial charge in [-0.1, -0.05) is 65.2 Å². The molecule has 4 heteroatoms. The lowest BCUT2D eigenvalue weighted by molar-refractivity contribution is 0.103. The summed E-state index contributed by atoms with van der Waals surface area (Å²) in [4.78, 5) is 12.1. The molecule has 0 unspecified atom stereocenters. The number of aromatic nitrogens is 2. The number of hydrogen-bond acceptors (Lipinski definition) is 2. The van der Waals surface area contributed by atoms with Crippen molar-refractivity contribution < 1.29 is 4.79 Å². The molecule has 1 aliphatic carbocycles. The summed E-state index contributed by atoms with van der Waals surface area (Å²) in [5.41, 5.74) is 4.70. The fourth-order valence-electron chi connectivity index (χ4n) is 4.34. The van der Waals surface area contributed by atoms with Gasteiger partial charge < -0.3 is 5.32 Å². The van der Waals surface area contributed by atoms with Gasteiger partial charge >= 0.3 is 0 Å². The quantitative estimate of drug-likeness (QED) is 0.526. The third kappa shape index (κ3) is 4.58. The Morgan fingerprint density at radius 1 is 1.07 bits per heavy atom. The molecular formula is C26H33N3O. The summed E-state index contributed by atoms with van der Waals surface area (Å²) < 4.78 is 2.17. The van der Waals surface area contributed by atoms with E-state index in [1.165, 1.54) is 48.6 Å². The van der Waals surface area contributed by atoms with Gasteiger partial charge in [-0.25, -0.2) is 0 Å². The lowest BCUT2D eigenvalue weighted by Crippen LogP contribution is -2.12. The van der Waals surface area contributed by atoms with Crippen molar-refractivity contribution in [3.8, 4) is 0 Å². The van der Waals surface area contributed by atoms with Crippen LogP contribution in [0.4, 0.5) is 5.69 Å². The molecule has 2 aliphatic rings. The smallest absolute Gasteiger partial charge is 0.256 e. The summed E-state index contributed by atoms with van der Waals surface area (Å²) >= 11 is 0. The lowest BCUT2D eigenvalue weighted by Gasteiger charge is -2.21. The first-order chi connectivity index (χ1) is 14.3. The number of nitrogens with one attached hydrogen (secondary N) is 1. The van der Waals surface area contributed by atoms with Gasteiger partial charge in [0.15, 0.2) is 0 Å². The molecule has 3 aromatic rings. The van der Waals surface area contributed by atoms with Crippen molar-refractivity contribution >= 4 is 22.4 Å². The summed E-state index contributed by atoms with van der Waals surface area (Å²) in [6.07, 6.45) is 11.5. The molecule has 1 N–H and O–H groups in total. The van der Waals surface area contributed by atoms with E-state index in [9.17, 15) is 4.79 Å². The first-order valence-electron chi connectivity index (χ1n) is 11.2. The Balaban J connectivity index is 0.000000393. The molecule has 0 radical (unpaired) electrons. The fraction of sp³-hybridized carbons (Fsp3) is 0.462. The zero-order chi connectivity index (χ0) is 21.3. The Morgan fingerprint density at radius 2 is 1.80 bits per heavy atom. The van der Waals surface area contributed by atoms with E-state index < -0.39 is 0 Å². The molecule has 0 atom stereocenters. The maximum absolute atomic E-state index is 12.1. The van der Waals surface area contributed by atoms with Crippen molar-refractivity contribution in [2.45, 2.75) is 72.3 Å². The van der Waals surface area contributed by atoms with Gasteiger partial charge in [0.25, 0.3) is 5.91 Å². The normalized spacial score (nSPS) is 16.3. The third-order valence-corrected chi connectivity index (χ3v) is 5.62. The van der Waals surface area contributed by atoms with Gasteiger partial charge in [-0.3, -0.25) is 9.48 Å². The number of amides is 1. The standard InChI is InChI=1S/C21H21N3O.C5H12/c25-21-18-8-4-7-17-15(9-10-19(23-21)20(17)18)11-14-12-22-24(13-14)16-5-2-1-3-6-16;1-5(2,3)4/h4,7-10,12-13,16H,1-3,5-6,11H2,(H,23,25);1-4H3. The van der Waals surface area contributed by atoms with Gasteiger partial charge in [0.1, 0.15) is 0 Å². The zero-order valence-corrected chi connectivity index (χ0v) is 18.7. The predicted octanol–water partition coefficient (Wildman–Crippen LogP) is 6.75. The minimum absolute atomic E-state index is 0.00266. The van der Waals surface area contributed by atoms with Crippen LogP contribution in [0.25, 0.3) is 10.8 Å². The van der Waals surface area contributed by atoms with E-state index in [0.717, 1.165) is 23.1 Å². The number of anilines is 1. The van der Waals surface area contributed by atoms with E-state index in [-0.39, 0.29) is 5.91 Å². The largest absolute Gasteiger partial charge is 0.321 e. The monoisotopic (exact) mass is 403 g/mol. The molecule has 1 fully saturated rings. The van der Waals surface area contributed by atoms with Crippen LogP contribution in [0.2, 0.25) is 0 Å². The number of benzene rings is 2. The van der Waals surface area contributed by atoms with Crippen LogP contribution in [0.3, 0.4) is 0 Å². The van der Waals surface area contributed by atoms with Crippen molar-refractivity contribution in [3.63, 3.8) is 0 Å². The van der Waals surface area contributed by atoms with Gasteiger partial charge in [0, 0.05) is 29.3 Å². The maximum atomic E-state index is 12.1. The number of carbonyl (C=O) groups excluding carboxylic acids is 1. The van der Waals surface area contributed by atoms with E-state index in [1.807, 2.05) is 24.4 Å². The van der Waals surface area contributed by atoms with Gasteiger partial charge in [-0.05, 0) is 46.9 Å². The van der Waals surface area contributed by atoms with E-state index in [2.05, 4.69) is 61.1 Å². The first kappa shape index (κ1) is 20.6. The van der Waals surface area contributed by atoms with Crippen LogP contribution in [-0.4, -0.2) is 15.7 Å². The Hall–Kier alpha value is -2.62. The minimum atomic E-state index is 0.00266. The average Bonchev–Trinajstić information content (AvgIpc) is 3.29. The predicted molar refractivity (Wildman–Crippen MR) is 124 cm³/mol. The van der Waals surface area contributed by atoms with Gasteiger partial charge in [-0.2, -0.15) is 5.10 Å². The maximum Gasteiger partial charge on any atom is 0.256 e. The van der Waals surface area contributed by atoms with E-state index >= 15 is 0 Å².